The molecule has 0 spiro atoms. The second-order valence-electron chi connectivity index (χ2n) is 5.07. The Labute approximate surface area is 118 Å². The highest BCUT2D eigenvalue weighted by Gasteiger charge is 2.03. The Morgan fingerprint density at radius 2 is 2.05 bits per heavy atom. The average molecular weight is 266 g/mol. The van der Waals surface area contributed by atoms with Crippen LogP contribution in [0.5, 0.6) is 0 Å². The minimum Gasteiger partial charge on any atom is -0.325 e. The molecule has 4 nitrogen and oxygen atoms in total. The topological polar surface area (TPSA) is 56.2 Å². The molecule has 0 amide bonds. The molecule has 0 fully saturated rings. The summed E-state index contributed by atoms with van der Waals surface area (Å²) >= 11 is 0. The summed E-state index contributed by atoms with van der Waals surface area (Å²) in [5.74, 6) is 0. The fraction of sp³-hybridized carbons (Fsp3) is 0.250. The molecule has 0 bridgehead atoms. The van der Waals surface area contributed by atoms with Crippen LogP contribution in [0.1, 0.15) is 22.5 Å². The number of rotatable bonds is 4. The van der Waals surface area contributed by atoms with Crippen molar-refractivity contribution in [1.82, 2.24) is 14.4 Å². The Balaban J connectivity index is 1.77. The molecular weight excluding hydrogens is 248 g/mol. The molecular formula is C16H18N4. The zero-order chi connectivity index (χ0) is 13.9. The van der Waals surface area contributed by atoms with Gasteiger partial charge in [-0.05, 0) is 25.3 Å². The van der Waals surface area contributed by atoms with Crippen LogP contribution in [0.3, 0.4) is 0 Å². The van der Waals surface area contributed by atoms with Gasteiger partial charge in [-0.3, -0.25) is 4.40 Å². The predicted octanol–water partition coefficient (Wildman–Crippen LogP) is 2.28. The summed E-state index contributed by atoms with van der Waals surface area (Å²) in [6.45, 7) is 2.58. The highest BCUT2D eigenvalue weighted by Crippen LogP contribution is 2.10. The van der Waals surface area contributed by atoms with Crippen LogP contribution in [0.25, 0.3) is 5.65 Å². The molecule has 20 heavy (non-hydrogen) atoms. The number of aryl methyl sites for hydroxylation is 3. The van der Waals surface area contributed by atoms with Crippen LogP contribution in [0.4, 0.5) is 0 Å². The molecule has 3 aromatic rings. The molecule has 0 saturated carbocycles. The maximum absolute atomic E-state index is 5.60. The van der Waals surface area contributed by atoms with Gasteiger partial charge in [0.1, 0.15) is 12.0 Å². The lowest BCUT2D eigenvalue weighted by Crippen LogP contribution is -1.97. The standard InChI is InChI=1S/C16H18N4/c1-12-3-2-4-13(7-12)5-6-14-8-16-19-15(9-17)10-20(16)11-18-14/h2-4,7-8,10-11H,5-6,9,17H2,1H3. The van der Waals surface area contributed by atoms with E-state index in [0.29, 0.717) is 6.54 Å². The van der Waals surface area contributed by atoms with Gasteiger partial charge in [-0.1, -0.05) is 29.8 Å². The van der Waals surface area contributed by atoms with E-state index in [1.54, 1.807) is 0 Å². The minimum absolute atomic E-state index is 0.459. The SMILES string of the molecule is Cc1cccc(CCc2cc3nc(CN)cn3cn2)c1. The van der Waals surface area contributed by atoms with Gasteiger partial charge in [0.2, 0.25) is 0 Å². The van der Waals surface area contributed by atoms with Gasteiger partial charge >= 0.3 is 0 Å². The van der Waals surface area contributed by atoms with Crippen LogP contribution in [-0.2, 0) is 19.4 Å². The largest absolute Gasteiger partial charge is 0.325 e. The van der Waals surface area contributed by atoms with Crippen LogP contribution in [0.2, 0.25) is 0 Å². The summed E-state index contributed by atoms with van der Waals surface area (Å²) in [6.07, 6.45) is 5.65. The summed E-state index contributed by atoms with van der Waals surface area (Å²) in [4.78, 5) is 8.93. The molecule has 4 heteroatoms. The quantitative estimate of drug-likeness (QED) is 0.788. The molecule has 0 unspecified atom stereocenters. The molecule has 0 atom stereocenters. The number of benzene rings is 1. The molecule has 2 aromatic heterocycles. The van der Waals surface area contributed by atoms with E-state index in [4.69, 9.17) is 5.73 Å². The summed E-state index contributed by atoms with van der Waals surface area (Å²) in [5, 5.41) is 0. The number of aromatic nitrogens is 3. The van der Waals surface area contributed by atoms with Crippen LogP contribution in [0, 0.1) is 6.92 Å². The van der Waals surface area contributed by atoms with Crippen molar-refractivity contribution in [3.05, 3.63) is 65.4 Å². The molecule has 0 aliphatic rings. The molecule has 1 aromatic carbocycles. The van der Waals surface area contributed by atoms with Gasteiger partial charge < -0.3 is 5.73 Å². The molecule has 102 valence electrons. The number of nitrogens with zero attached hydrogens (tertiary/aromatic N) is 3. The van der Waals surface area contributed by atoms with Crippen LogP contribution >= 0.6 is 0 Å². The van der Waals surface area contributed by atoms with Gasteiger partial charge in [0.25, 0.3) is 0 Å². The van der Waals surface area contributed by atoms with Gasteiger partial charge in [0.05, 0.1) is 5.69 Å². The Kier molecular flexibility index (Phi) is 3.48. The zero-order valence-corrected chi connectivity index (χ0v) is 11.6. The summed E-state index contributed by atoms with van der Waals surface area (Å²) < 4.78 is 1.92. The normalized spacial score (nSPS) is 11.1. The van der Waals surface area contributed by atoms with Gasteiger partial charge in [-0.15, -0.1) is 0 Å². The Hall–Kier alpha value is -2.20. The monoisotopic (exact) mass is 266 g/mol. The van der Waals surface area contributed by atoms with Crippen molar-refractivity contribution >= 4 is 5.65 Å². The number of hydrogen-bond donors (Lipinski definition) is 1. The summed E-state index contributed by atoms with van der Waals surface area (Å²) in [7, 11) is 0. The van der Waals surface area contributed by atoms with Crippen LogP contribution < -0.4 is 5.73 Å². The van der Waals surface area contributed by atoms with Gasteiger partial charge in [-0.25, -0.2) is 9.97 Å². The number of imidazole rings is 1. The first kappa shape index (κ1) is 12.8. The molecule has 0 aliphatic carbocycles. The van der Waals surface area contributed by atoms with Crippen molar-refractivity contribution in [2.45, 2.75) is 26.3 Å². The predicted molar refractivity (Wildman–Crippen MR) is 79.5 cm³/mol. The molecule has 2 heterocycles. The third kappa shape index (κ3) is 2.70. The Morgan fingerprint density at radius 1 is 1.15 bits per heavy atom. The lowest BCUT2D eigenvalue weighted by molar-refractivity contribution is 0.893. The second kappa shape index (κ2) is 5.43. The first-order chi connectivity index (χ1) is 9.74. The van der Waals surface area contributed by atoms with E-state index in [1.807, 2.05) is 23.0 Å². The second-order valence-corrected chi connectivity index (χ2v) is 5.07. The molecule has 0 saturated heterocycles. The fourth-order valence-corrected chi connectivity index (χ4v) is 2.36. The lowest BCUT2D eigenvalue weighted by atomic mass is 10.1. The molecule has 0 aliphatic heterocycles. The highest BCUT2D eigenvalue weighted by molar-refractivity contribution is 5.40. The van der Waals surface area contributed by atoms with E-state index in [2.05, 4.69) is 41.2 Å². The molecule has 2 N–H and O–H groups in total. The summed E-state index contributed by atoms with van der Waals surface area (Å²) in [5.41, 5.74) is 11.1. The highest BCUT2D eigenvalue weighted by atomic mass is 15.0. The van der Waals surface area contributed by atoms with Crippen LogP contribution in [-0.4, -0.2) is 14.4 Å². The van der Waals surface area contributed by atoms with E-state index in [1.165, 1.54) is 11.1 Å². The van der Waals surface area contributed by atoms with E-state index < -0.39 is 0 Å². The van der Waals surface area contributed by atoms with Crippen molar-refractivity contribution < 1.29 is 0 Å². The maximum Gasteiger partial charge on any atom is 0.140 e. The van der Waals surface area contributed by atoms with Crippen molar-refractivity contribution in [3.8, 4) is 0 Å². The Bertz CT molecular complexity index is 730. The molecule has 0 radical (unpaired) electrons. The van der Waals surface area contributed by atoms with E-state index in [-0.39, 0.29) is 0 Å². The van der Waals surface area contributed by atoms with Crippen molar-refractivity contribution in [3.63, 3.8) is 0 Å². The first-order valence-corrected chi connectivity index (χ1v) is 6.83. The third-order valence-electron chi connectivity index (χ3n) is 3.42. The zero-order valence-electron chi connectivity index (χ0n) is 11.6. The van der Waals surface area contributed by atoms with E-state index in [9.17, 15) is 0 Å². The van der Waals surface area contributed by atoms with E-state index >= 15 is 0 Å². The van der Waals surface area contributed by atoms with Crippen molar-refractivity contribution in [2.75, 3.05) is 0 Å². The Morgan fingerprint density at radius 3 is 2.85 bits per heavy atom. The summed E-state index contributed by atoms with van der Waals surface area (Å²) in [6, 6.07) is 10.6. The maximum atomic E-state index is 5.60. The third-order valence-corrected chi connectivity index (χ3v) is 3.42. The average Bonchev–Trinajstić information content (AvgIpc) is 2.87. The van der Waals surface area contributed by atoms with Gasteiger partial charge in [0, 0.05) is 24.5 Å². The first-order valence-electron chi connectivity index (χ1n) is 6.83. The number of nitrogens with two attached hydrogens (primary N) is 1. The van der Waals surface area contributed by atoms with Gasteiger partial charge in [0.15, 0.2) is 0 Å². The number of hydrogen-bond acceptors (Lipinski definition) is 3. The van der Waals surface area contributed by atoms with Crippen LogP contribution in [0.15, 0.2) is 42.9 Å². The molecule has 3 rings (SSSR count). The smallest absolute Gasteiger partial charge is 0.140 e. The van der Waals surface area contributed by atoms with Crippen molar-refractivity contribution in [2.24, 2.45) is 5.73 Å². The minimum atomic E-state index is 0.459. The van der Waals surface area contributed by atoms with Gasteiger partial charge in [-0.2, -0.15) is 0 Å². The lowest BCUT2D eigenvalue weighted by Gasteiger charge is -2.03. The number of fused-ring (bicyclic) bond motifs is 1. The van der Waals surface area contributed by atoms with E-state index in [0.717, 1.165) is 29.9 Å². The van der Waals surface area contributed by atoms with Crippen molar-refractivity contribution in [1.29, 1.82) is 0 Å². The fourth-order valence-electron chi connectivity index (χ4n) is 2.36.